The second kappa shape index (κ2) is 7.31. The number of hydrogen-bond donors (Lipinski definition) is 1. The zero-order valence-electron chi connectivity index (χ0n) is 15.4. The molecule has 1 aromatic carbocycles. The predicted octanol–water partition coefficient (Wildman–Crippen LogP) is 4.54. The predicted molar refractivity (Wildman–Crippen MR) is 110 cm³/mol. The van der Waals surface area contributed by atoms with E-state index in [-0.39, 0.29) is 11.9 Å². The van der Waals surface area contributed by atoms with E-state index in [2.05, 4.69) is 37.7 Å². The van der Waals surface area contributed by atoms with Crippen LogP contribution in [0.2, 0.25) is 0 Å². The smallest absolute Gasteiger partial charge is 0.321 e. The van der Waals surface area contributed by atoms with Crippen molar-refractivity contribution in [2.75, 3.05) is 18.4 Å². The van der Waals surface area contributed by atoms with Gasteiger partial charge in [-0.3, -0.25) is 0 Å². The molecule has 2 aromatic heterocycles. The summed E-state index contributed by atoms with van der Waals surface area (Å²) in [6.45, 7) is 6.34. The van der Waals surface area contributed by atoms with Crippen molar-refractivity contribution < 1.29 is 4.79 Å². The number of aryl methyl sites for hydroxylation is 2. The first-order valence-corrected chi connectivity index (χ1v) is 9.99. The first-order chi connectivity index (χ1) is 13.1. The van der Waals surface area contributed by atoms with Crippen molar-refractivity contribution in [1.29, 1.82) is 0 Å². The molecule has 1 atom stereocenters. The first-order valence-electron chi connectivity index (χ1n) is 9.20. The van der Waals surface area contributed by atoms with E-state index in [0.29, 0.717) is 6.54 Å². The molecule has 1 aliphatic rings. The van der Waals surface area contributed by atoms with Crippen LogP contribution in [-0.4, -0.2) is 38.6 Å². The minimum atomic E-state index is -0.0588. The van der Waals surface area contributed by atoms with Crippen LogP contribution in [0.3, 0.4) is 0 Å². The van der Waals surface area contributed by atoms with Crippen LogP contribution in [0.15, 0.2) is 41.0 Å². The summed E-state index contributed by atoms with van der Waals surface area (Å²) in [5, 5.41) is 3.01. The van der Waals surface area contributed by atoms with Crippen LogP contribution >= 0.6 is 15.9 Å². The molecule has 7 heteroatoms. The molecule has 3 heterocycles. The SMILES string of the molecule is CCn1c([C@@H]2CCN(C(=O)Nc3ccc(Br)c(C)c3)C2)nc2cccnc21. The second-order valence-electron chi connectivity index (χ2n) is 6.89. The van der Waals surface area contributed by atoms with E-state index in [0.717, 1.165) is 52.2 Å². The molecular weight excluding hydrogens is 406 g/mol. The number of anilines is 1. The zero-order valence-corrected chi connectivity index (χ0v) is 17.0. The number of likely N-dealkylation sites (tertiary alicyclic amines) is 1. The van der Waals surface area contributed by atoms with Gasteiger partial charge in [0.25, 0.3) is 0 Å². The van der Waals surface area contributed by atoms with Crippen molar-refractivity contribution in [3.63, 3.8) is 0 Å². The standard InChI is InChI=1S/C20H22BrN5O/c1-3-26-18(24-17-5-4-9-22-19(17)26)14-8-10-25(12-14)20(27)23-15-6-7-16(21)13(2)11-15/h4-7,9,11,14H,3,8,10,12H2,1-2H3,(H,23,27)/t14-/m1/s1. The fourth-order valence-corrected chi connectivity index (χ4v) is 3.93. The topological polar surface area (TPSA) is 63.1 Å². The maximum Gasteiger partial charge on any atom is 0.321 e. The molecule has 0 radical (unpaired) electrons. The molecule has 0 bridgehead atoms. The van der Waals surface area contributed by atoms with Crippen molar-refractivity contribution in [2.24, 2.45) is 0 Å². The lowest BCUT2D eigenvalue weighted by molar-refractivity contribution is 0.222. The summed E-state index contributed by atoms with van der Waals surface area (Å²) in [6, 6.07) is 9.68. The normalized spacial score (nSPS) is 16.9. The van der Waals surface area contributed by atoms with E-state index in [1.807, 2.05) is 42.2 Å². The lowest BCUT2D eigenvalue weighted by Crippen LogP contribution is -2.33. The largest absolute Gasteiger partial charge is 0.324 e. The third kappa shape index (κ3) is 3.43. The van der Waals surface area contributed by atoms with Crippen molar-refractivity contribution >= 4 is 38.8 Å². The number of rotatable bonds is 3. The molecule has 27 heavy (non-hydrogen) atoms. The summed E-state index contributed by atoms with van der Waals surface area (Å²) >= 11 is 3.49. The number of aromatic nitrogens is 3. The van der Waals surface area contributed by atoms with Gasteiger partial charge in [-0.2, -0.15) is 0 Å². The number of halogens is 1. The summed E-state index contributed by atoms with van der Waals surface area (Å²) < 4.78 is 3.20. The summed E-state index contributed by atoms with van der Waals surface area (Å²) in [5.74, 6) is 1.26. The van der Waals surface area contributed by atoms with Gasteiger partial charge in [0.05, 0.1) is 0 Å². The molecule has 1 fully saturated rings. The molecule has 1 N–H and O–H groups in total. The van der Waals surface area contributed by atoms with Crippen LogP contribution in [0, 0.1) is 6.92 Å². The van der Waals surface area contributed by atoms with E-state index < -0.39 is 0 Å². The van der Waals surface area contributed by atoms with Crippen LogP contribution in [0.1, 0.15) is 30.7 Å². The molecule has 1 aliphatic heterocycles. The zero-order chi connectivity index (χ0) is 19.0. The minimum Gasteiger partial charge on any atom is -0.324 e. The minimum absolute atomic E-state index is 0.0588. The Balaban J connectivity index is 1.50. The monoisotopic (exact) mass is 427 g/mol. The Bertz CT molecular complexity index is 999. The lowest BCUT2D eigenvalue weighted by Gasteiger charge is -2.18. The average Bonchev–Trinajstić information content (AvgIpc) is 3.29. The molecular formula is C20H22BrN5O. The Kier molecular flexibility index (Phi) is 4.86. The first kappa shape index (κ1) is 18.0. The van der Waals surface area contributed by atoms with Gasteiger partial charge in [0.15, 0.2) is 5.65 Å². The van der Waals surface area contributed by atoms with E-state index >= 15 is 0 Å². The third-order valence-corrected chi connectivity index (χ3v) is 5.99. The number of carbonyl (C=O) groups is 1. The number of nitrogens with one attached hydrogen (secondary N) is 1. The van der Waals surface area contributed by atoms with Gasteiger partial charge in [-0.25, -0.2) is 14.8 Å². The van der Waals surface area contributed by atoms with E-state index in [1.165, 1.54) is 0 Å². The number of fused-ring (bicyclic) bond motifs is 1. The maximum absolute atomic E-state index is 12.7. The number of hydrogen-bond acceptors (Lipinski definition) is 3. The van der Waals surface area contributed by atoms with Gasteiger partial charge in [0, 0.05) is 41.9 Å². The summed E-state index contributed by atoms with van der Waals surface area (Å²) in [4.78, 5) is 23.8. The van der Waals surface area contributed by atoms with Crippen molar-refractivity contribution in [2.45, 2.75) is 32.7 Å². The summed E-state index contributed by atoms with van der Waals surface area (Å²) in [5.41, 5.74) is 3.75. The number of benzene rings is 1. The van der Waals surface area contributed by atoms with Gasteiger partial charge in [-0.1, -0.05) is 15.9 Å². The molecule has 0 unspecified atom stereocenters. The van der Waals surface area contributed by atoms with Gasteiger partial charge in [-0.15, -0.1) is 0 Å². The maximum atomic E-state index is 12.7. The Morgan fingerprint density at radius 3 is 3.00 bits per heavy atom. The Morgan fingerprint density at radius 2 is 2.22 bits per heavy atom. The molecule has 140 valence electrons. The number of amides is 2. The molecule has 3 aromatic rings. The highest BCUT2D eigenvalue weighted by molar-refractivity contribution is 9.10. The van der Waals surface area contributed by atoms with E-state index in [4.69, 9.17) is 4.98 Å². The number of pyridine rings is 1. The number of nitrogens with zero attached hydrogens (tertiary/aromatic N) is 4. The Morgan fingerprint density at radius 1 is 1.37 bits per heavy atom. The van der Waals surface area contributed by atoms with Crippen LogP contribution in [-0.2, 0) is 6.54 Å². The van der Waals surface area contributed by atoms with Gasteiger partial charge in [-0.05, 0) is 56.2 Å². The van der Waals surface area contributed by atoms with E-state index in [9.17, 15) is 4.79 Å². The Hall–Kier alpha value is -2.41. The summed E-state index contributed by atoms with van der Waals surface area (Å²) in [7, 11) is 0. The number of urea groups is 1. The van der Waals surface area contributed by atoms with Crippen molar-refractivity contribution in [3.8, 4) is 0 Å². The van der Waals surface area contributed by atoms with Gasteiger partial charge >= 0.3 is 6.03 Å². The number of carbonyl (C=O) groups excluding carboxylic acids is 1. The van der Waals surface area contributed by atoms with Gasteiger partial charge in [0.2, 0.25) is 0 Å². The highest BCUT2D eigenvalue weighted by Crippen LogP contribution is 2.29. The number of imidazole rings is 1. The van der Waals surface area contributed by atoms with Crippen LogP contribution < -0.4 is 5.32 Å². The molecule has 4 rings (SSSR count). The van der Waals surface area contributed by atoms with Gasteiger partial charge in [0.1, 0.15) is 11.3 Å². The molecule has 0 saturated carbocycles. The van der Waals surface area contributed by atoms with Crippen LogP contribution in [0.25, 0.3) is 11.2 Å². The van der Waals surface area contributed by atoms with Crippen molar-refractivity contribution in [1.82, 2.24) is 19.4 Å². The second-order valence-corrected chi connectivity index (χ2v) is 7.74. The highest BCUT2D eigenvalue weighted by atomic mass is 79.9. The Labute approximate surface area is 166 Å². The molecule has 0 aliphatic carbocycles. The lowest BCUT2D eigenvalue weighted by atomic mass is 10.1. The van der Waals surface area contributed by atoms with Crippen LogP contribution in [0.4, 0.5) is 10.5 Å². The average molecular weight is 428 g/mol. The molecule has 2 amide bonds. The van der Waals surface area contributed by atoms with Gasteiger partial charge < -0.3 is 14.8 Å². The van der Waals surface area contributed by atoms with Crippen LogP contribution in [0.5, 0.6) is 0 Å². The summed E-state index contributed by atoms with van der Waals surface area (Å²) in [6.07, 6.45) is 2.71. The van der Waals surface area contributed by atoms with E-state index in [1.54, 1.807) is 6.20 Å². The molecule has 6 nitrogen and oxygen atoms in total. The highest BCUT2D eigenvalue weighted by Gasteiger charge is 2.31. The fourth-order valence-electron chi connectivity index (χ4n) is 3.68. The quantitative estimate of drug-likeness (QED) is 0.666. The molecule has 1 saturated heterocycles. The molecule has 0 spiro atoms. The fraction of sp³-hybridized carbons (Fsp3) is 0.350. The van der Waals surface area contributed by atoms with Crippen molar-refractivity contribution in [3.05, 3.63) is 52.4 Å². The third-order valence-electron chi connectivity index (χ3n) is 5.10.